The minimum absolute atomic E-state index is 0. The maximum absolute atomic E-state index is 6.92. The number of aromatic nitrogens is 5. The number of benzene rings is 6. The van der Waals surface area contributed by atoms with Crippen LogP contribution in [0.15, 0.2) is 144 Å². The first-order chi connectivity index (χ1) is 34.9. The van der Waals surface area contributed by atoms with Crippen LogP contribution in [0.25, 0.3) is 83.8 Å². The maximum Gasteiger partial charge on any atom is 0.124 e. The van der Waals surface area contributed by atoms with E-state index >= 15 is 0 Å². The second-order valence-corrected chi connectivity index (χ2v) is 24.8. The molecule has 10 rings (SSSR count). The zero-order valence-corrected chi connectivity index (χ0v) is 49.3. The molecule has 0 amide bonds. The Morgan fingerprint density at radius 1 is 0.533 bits per heavy atom. The number of para-hydroxylation sites is 2. The average molecular weight is 1170 g/mol. The van der Waals surface area contributed by atoms with Gasteiger partial charge in [-0.15, -0.1) is 54.1 Å². The van der Waals surface area contributed by atoms with Crippen molar-refractivity contribution in [2.75, 3.05) is 0 Å². The molecule has 0 aliphatic rings. The molecule has 7 heteroatoms. The Balaban J connectivity index is 0.000000375. The smallest absolute Gasteiger partial charge is 0.124 e. The van der Waals surface area contributed by atoms with Gasteiger partial charge in [0.25, 0.3) is 0 Å². The fourth-order valence-electron chi connectivity index (χ4n) is 9.61. The topological polar surface area (TPSA) is 69.6 Å². The van der Waals surface area contributed by atoms with Crippen molar-refractivity contribution in [1.29, 1.82) is 0 Å². The van der Waals surface area contributed by atoms with E-state index in [1.54, 1.807) is 0 Å². The van der Waals surface area contributed by atoms with Gasteiger partial charge in [-0.3, -0.25) is 19.9 Å². The summed E-state index contributed by atoms with van der Waals surface area (Å²) in [6.07, 6.45) is 3.79. The second kappa shape index (κ2) is 20.9. The zero-order chi connectivity index (χ0) is 53.1. The molecule has 75 heavy (non-hydrogen) atoms. The number of hydrogen-bond donors (Lipinski definition) is 0. The molecule has 0 spiro atoms. The van der Waals surface area contributed by atoms with E-state index in [2.05, 4.69) is 228 Å². The van der Waals surface area contributed by atoms with Crippen LogP contribution in [0.2, 0.25) is 0 Å². The van der Waals surface area contributed by atoms with Gasteiger partial charge in [0, 0.05) is 66.3 Å². The summed E-state index contributed by atoms with van der Waals surface area (Å²) in [6.45, 7) is 36.1. The molecule has 0 unspecified atom stereocenters. The number of hydrogen-bond acceptors (Lipinski definition) is 5. The zero-order valence-electron chi connectivity index (χ0n) is 46.9. The van der Waals surface area contributed by atoms with Crippen molar-refractivity contribution in [3.05, 3.63) is 185 Å². The van der Waals surface area contributed by atoms with Crippen LogP contribution in [0.4, 0.5) is 0 Å². The summed E-state index contributed by atoms with van der Waals surface area (Å²) in [5.41, 5.74) is 18.7. The summed E-state index contributed by atoms with van der Waals surface area (Å²) < 4.78 is 9.30. The van der Waals surface area contributed by atoms with Crippen LogP contribution < -0.4 is 0 Å². The molecule has 0 atom stereocenters. The number of nitrogens with zero attached hydrogens (tertiary/aromatic N) is 5. The molecule has 4 heterocycles. The Morgan fingerprint density at radius 2 is 1.16 bits per heavy atom. The summed E-state index contributed by atoms with van der Waals surface area (Å²) in [5.74, 6) is 2.06. The average Bonchev–Trinajstić information content (AvgIpc) is 3.94. The largest absolute Gasteiger partial charge is 0.500 e. The number of rotatable bonds is 7. The second-order valence-electron chi connectivity index (χ2n) is 24.8. The molecule has 6 aromatic carbocycles. The molecule has 0 aliphatic carbocycles. The molecule has 0 fully saturated rings. The molecule has 6 nitrogen and oxygen atoms in total. The predicted molar refractivity (Wildman–Crippen MR) is 311 cm³/mol. The normalized spacial score (nSPS) is 12.4. The van der Waals surface area contributed by atoms with Gasteiger partial charge in [0.15, 0.2) is 0 Å². The van der Waals surface area contributed by atoms with Crippen LogP contribution in [0.5, 0.6) is 0 Å². The number of furan rings is 1. The van der Waals surface area contributed by atoms with Gasteiger partial charge in [0.2, 0.25) is 0 Å². The maximum atomic E-state index is 6.92. The van der Waals surface area contributed by atoms with Crippen LogP contribution >= 0.6 is 0 Å². The summed E-state index contributed by atoms with van der Waals surface area (Å²) in [4.78, 5) is 19.3. The van der Waals surface area contributed by atoms with Crippen molar-refractivity contribution < 1.29 is 24.5 Å². The Bertz CT molecular complexity index is 3580. The van der Waals surface area contributed by atoms with Gasteiger partial charge >= 0.3 is 0 Å². The third-order valence-corrected chi connectivity index (χ3v) is 14.2. The SMILES string of the molecule is CC(C)(C)c1ccnc(-c2[c-]cccc2)n1.CC(C)c1cc(-c2ccc(C(C)(C)C)cc2)cc(C(C)C)c1-n1c(-c2[c-]ccc3c2oc2cc(-c4cc(C(C)(C)C)cc(C(C)(C)C)c4)ncc23)nc2ccccc21.[Ir]. The van der Waals surface area contributed by atoms with Gasteiger partial charge in [-0.2, -0.15) is 0 Å². The van der Waals surface area contributed by atoms with Crippen molar-refractivity contribution in [2.45, 2.75) is 144 Å². The van der Waals surface area contributed by atoms with E-state index in [1.165, 1.54) is 44.6 Å². The van der Waals surface area contributed by atoms with Crippen LogP contribution in [0.1, 0.15) is 156 Å². The van der Waals surface area contributed by atoms with Crippen molar-refractivity contribution in [1.82, 2.24) is 24.5 Å². The quantitative estimate of drug-likeness (QED) is 0.149. The van der Waals surface area contributed by atoms with E-state index in [9.17, 15) is 0 Å². The standard InChI is InChI=1S/C54H58N3O.C14H15N2.Ir/c1-32(2)42-27-35(34-21-23-37(24-22-34)52(5,6)7)28-43(33(3)4)49(42)57-47-20-15-14-19-45(47)56-51(57)41-18-16-17-40-44-31-55-46(30-48(44)58-50(40)41)36-25-38(53(8,9)10)29-39(26-36)54(11,12)13;1-14(2,3)12-9-10-15-13(16-12)11-7-5-4-6-8-11;/h14-17,19-33H,1-13H3;4-7,9-10H,1-3H3;/q2*-1;. The van der Waals surface area contributed by atoms with Crippen LogP contribution in [-0.4, -0.2) is 24.5 Å². The Kier molecular flexibility index (Phi) is 15.2. The van der Waals surface area contributed by atoms with Crippen molar-refractivity contribution in [3.63, 3.8) is 0 Å². The van der Waals surface area contributed by atoms with Crippen LogP contribution in [-0.2, 0) is 41.8 Å². The minimum atomic E-state index is -0.00143. The molecule has 4 aromatic heterocycles. The number of fused-ring (bicyclic) bond motifs is 4. The Labute approximate surface area is 459 Å². The summed E-state index contributed by atoms with van der Waals surface area (Å²) in [7, 11) is 0. The fraction of sp³-hybridized carbons (Fsp3) is 0.324. The molecule has 0 saturated heterocycles. The molecule has 1 radical (unpaired) electrons. The van der Waals surface area contributed by atoms with Crippen LogP contribution in [0, 0.1) is 12.1 Å². The predicted octanol–water partition coefficient (Wildman–Crippen LogP) is 18.5. The van der Waals surface area contributed by atoms with Crippen molar-refractivity contribution >= 4 is 33.0 Å². The van der Waals surface area contributed by atoms with Crippen molar-refractivity contribution in [2.24, 2.45) is 0 Å². The van der Waals surface area contributed by atoms with E-state index in [-0.39, 0.29) is 53.6 Å². The van der Waals surface area contributed by atoms with Gasteiger partial charge in [-0.05, 0) is 109 Å². The summed E-state index contributed by atoms with van der Waals surface area (Å²) >= 11 is 0. The molecular weight excluding hydrogens is 1090 g/mol. The molecule has 387 valence electrons. The van der Waals surface area contributed by atoms with Gasteiger partial charge in [0.1, 0.15) is 5.58 Å². The van der Waals surface area contributed by atoms with E-state index in [0.29, 0.717) is 0 Å². The van der Waals surface area contributed by atoms with Crippen LogP contribution in [0.3, 0.4) is 0 Å². The molecule has 10 aromatic rings. The van der Waals surface area contributed by atoms with Gasteiger partial charge < -0.3 is 8.98 Å². The first-order valence-corrected chi connectivity index (χ1v) is 26.3. The first-order valence-electron chi connectivity index (χ1n) is 26.3. The molecule has 0 bridgehead atoms. The Morgan fingerprint density at radius 3 is 1.75 bits per heavy atom. The number of pyridine rings is 1. The Hall–Kier alpha value is -6.53. The monoisotopic (exact) mass is 1170 g/mol. The third kappa shape index (κ3) is 11.4. The number of imidazole rings is 1. The van der Waals surface area contributed by atoms with E-state index in [4.69, 9.17) is 14.4 Å². The van der Waals surface area contributed by atoms with Crippen molar-refractivity contribution in [3.8, 4) is 50.8 Å². The summed E-state index contributed by atoms with van der Waals surface area (Å²) in [5, 5.41) is 1.98. The first kappa shape index (κ1) is 54.7. The third-order valence-electron chi connectivity index (χ3n) is 14.2. The van der Waals surface area contributed by atoms with E-state index < -0.39 is 0 Å². The molecule has 0 N–H and O–H groups in total. The van der Waals surface area contributed by atoms with Gasteiger partial charge in [-0.1, -0.05) is 164 Å². The van der Waals surface area contributed by atoms with E-state index in [1.807, 2.05) is 48.8 Å². The van der Waals surface area contributed by atoms with Gasteiger partial charge in [0.05, 0.1) is 34.0 Å². The fourth-order valence-corrected chi connectivity index (χ4v) is 9.61. The summed E-state index contributed by atoms with van der Waals surface area (Å²) in [6, 6.07) is 52.0. The molecule has 0 saturated carbocycles. The molecule has 0 aliphatic heterocycles. The van der Waals surface area contributed by atoms with Gasteiger partial charge in [-0.25, -0.2) is 0 Å². The molecular formula is C68H73IrN5O-2. The minimum Gasteiger partial charge on any atom is -0.500 e. The van der Waals surface area contributed by atoms with E-state index in [0.717, 1.165) is 72.7 Å².